The zero-order valence-electron chi connectivity index (χ0n) is 10.8. The third-order valence-electron chi connectivity index (χ3n) is 2.79. The molecule has 2 aromatic heterocycles. The normalized spacial score (nSPS) is 10.8. The van der Waals surface area contributed by atoms with Gasteiger partial charge in [-0.05, 0) is 31.2 Å². The number of fused-ring (bicyclic) bond motifs is 1. The number of hydrogen-bond acceptors (Lipinski definition) is 5. The molecule has 0 radical (unpaired) electrons. The number of ketones is 2. The van der Waals surface area contributed by atoms with E-state index in [1.807, 2.05) is 18.2 Å². The largest absolute Gasteiger partial charge is 0.448 e. The SMILES string of the molecule is CC(=O)CC(=O)c1ccc(-c2nc3ccccc3o2)o1. The number of carbonyl (C=O) groups is 2. The third kappa shape index (κ3) is 2.25. The average Bonchev–Trinajstić information content (AvgIpc) is 3.04. The van der Waals surface area contributed by atoms with Gasteiger partial charge >= 0.3 is 0 Å². The van der Waals surface area contributed by atoms with Crippen molar-refractivity contribution in [2.45, 2.75) is 13.3 Å². The van der Waals surface area contributed by atoms with E-state index in [-0.39, 0.29) is 23.7 Å². The highest BCUT2D eigenvalue weighted by molar-refractivity contribution is 6.06. The lowest BCUT2D eigenvalue weighted by Gasteiger charge is -1.92. The van der Waals surface area contributed by atoms with Crippen molar-refractivity contribution in [3.63, 3.8) is 0 Å². The molecule has 0 N–H and O–H groups in total. The Labute approximate surface area is 114 Å². The van der Waals surface area contributed by atoms with Crippen LogP contribution in [0.2, 0.25) is 0 Å². The van der Waals surface area contributed by atoms with Crippen molar-refractivity contribution < 1.29 is 18.4 Å². The maximum atomic E-state index is 11.7. The van der Waals surface area contributed by atoms with Crippen molar-refractivity contribution >= 4 is 22.7 Å². The number of carbonyl (C=O) groups excluding carboxylic acids is 2. The zero-order chi connectivity index (χ0) is 14.1. The lowest BCUT2D eigenvalue weighted by atomic mass is 10.2. The number of nitrogens with zero attached hydrogens (tertiary/aromatic N) is 1. The standard InChI is InChI=1S/C15H11NO4/c1-9(17)8-11(18)13-6-7-14(19-13)15-16-10-4-2-3-5-12(10)20-15/h2-7H,8H2,1H3. The molecule has 0 atom stereocenters. The molecule has 2 heterocycles. The van der Waals surface area contributed by atoms with Crippen LogP contribution in [0.1, 0.15) is 23.9 Å². The van der Waals surface area contributed by atoms with Gasteiger partial charge < -0.3 is 8.83 Å². The summed E-state index contributed by atoms with van der Waals surface area (Å²) < 4.78 is 10.9. The van der Waals surface area contributed by atoms with Gasteiger partial charge in [0.15, 0.2) is 17.1 Å². The highest BCUT2D eigenvalue weighted by Gasteiger charge is 2.17. The van der Waals surface area contributed by atoms with Crippen molar-refractivity contribution in [3.05, 3.63) is 42.2 Å². The van der Waals surface area contributed by atoms with Crippen molar-refractivity contribution in [1.29, 1.82) is 0 Å². The van der Waals surface area contributed by atoms with Crippen LogP contribution in [-0.4, -0.2) is 16.6 Å². The van der Waals surface area contributed by atoms with Gasteiger partial charge in [0.2, 0.25) is 5.78 Å². The fraction of sp³-hybridized carbons (Fsp3) is 0.133. The highest BCUT2D eigenvalue weighted by atomic mass is 16.4. The van der Waals surface area contributed by atoms with Crippen LogP contribution in [0.3, 0.4) is 0 Å². The van der Waals surface area contributed by atoms with E-state index in [0.29, 0.717) is 17.2 Å². The Balaban J connectivity index is 1.93. The van der Waals surface area contributed by atoms with E-state index in [1.165, 1.54) is 13.0 Å². The second-order valence-corrected chi connectivity index (χ2v) is 4.45. The minimum Gasteiger partial charge on any atom is -0.448 e. The van der Waals surface area contributed by atoms with Crippen LogP contribution < -0.4 is 0 Å². The summed E-state index contributed by atoms with van der Waals surface area (Å²) in [4.78, 5) is 26.9. The van der Waals surface area contributed by atoms with E-state index in [1.54, 1.807) is 12.1 Å². The molecule has 0 saturated heterocycles. The van der Waals surface area contributed by atoms with Gasteiger partial charge in [-0.25, -0.2) is 4.98 Å². The van der Waals surface area contributed by atoms with E-state index in [0.717, 1.165) is 5.52 Å². The molecular weight excluding hydrogens is 258 g/mol. The van der Waals surface area contributed by atoms with E-state index in [4.69, 9.17) is 8.83 Å². The lowest BCUT2D eigenvalue weighted by Crippen LogP contribution is -2.03. The molecule has 0 saturated carbocycles. The number of hydrogen-bond donors (Lipinski definition) is 0. The first-order valence-corrected chi connectivity index (χ1v) is 6.12. The molecule has 3 rings (SSSR count). The minimum absolute atomic E-state index is 0.137. The molecule has 0 aliphatic heterocycles. The molecule has 20 heavy (non-hydrogen) atoms. The summed E-state index contributed by atoms with van der Waals surface area (Å²) >= 11 is 0. The van der Waals surface area contributed by atoms with Crippen LogP contribution in [0.5, 0.6) is 0 Å². The summed E-state index contributed by atoms with van der Waals surface area (Å²) in [6, 6.07) is 10.5. The van der Waals surface area contributed by atoms with Crippen LogP contribution in [-0.2, 0) is 4.79 Å². The van der Waals surface area contributed by atoms with Gasteiger partial charge in [0.05, 0.1) is 6.42 Å². The molecule has 0 spiro atoms. The van der Waals surface area contributed by atoms with Crippen LogP contribution in [0.15, 0.2) is 45.2 Å². The van der Waals surface area contributed by atoms with E-state index in [9.17, 15) is 9.59 Å². The smallest absolute Gasteiger partial charge is 0.263 e. The highest BCUT2D eigenvalue weighted by Crippen LogP contribution is 2.26. The number of furan rings is 1. The Morgan fingerprint density at radius 2 is 1.90 bits per heavy atom. The molecule has 0 unspecified atom stereocenters. The first kappa shape index (κ1) is 12.3. The molecule has 0 aliphatic rings. The van der Waals surface area contributed by atoms with Gasteiger partial charge in [-0.1, -0.05) is 12.1 Å². The predicted molar refractivity (Wildman–Crippen MR) is 71.3 cm³/mol. The molecule has 100 valence electrons. The Bertz CT molecular complexity index is 764. The summed E-state index contributed by atoms with van der Waals surface area (Å²) in [5.74, 6) is 0.272. The Morgan fingerprint density at radius 1 is 1.10 bits per heavy atom. The fourth-order valence-corrected chi connectivity index (χ4v) is 1.89. The van der Waals surface area contributed by atoms with Crippen LogP contribution in [0, 0.1) is 0 Å². The first-order chi connectivity index (χ1) is 9.63. The number of rotatable bonds is 4. The van der Waals surface area contributed by atoms with Gasteiger partial charge in [0, 0.05) is 0 Å². The molecule has 0 aliphatic carbocycles. The predicted octanol–water partition coefficient (Wildman–Crippen LogP) is 3.25. The molecular formula is C15H11NO4. The van der Waals surface area contributed by atoms with E-state index in [2.05, 4.69) is 4.98 Å². The molecule has 5 heteroatoms. The monoisotopic (exact) mass is 269 g/mol. The zero-order valence-corrected chi connectivity index (χ0v) is 10.8. The average molecular weight is 269 g/mol. The van der Waals surface area contributed by atoms with Gasteiger partial charge in [0.25, 0.3) is 5.89 Å². The van der Waals surface area contributed by atoms with E-state index < -0.39 is 0 Å². The molecule has 5 nitrogen and oxygen atoms in total. The van der Waals surface area contributed by atoms with Gasteiger partial charge in [-0.15, -0.1) is 0 Å². The first-order valence-electron chi connectivity index (χ1n) is 6.12. The summed E-state index contributed by atoms with van der Waals surface area (Å²) in [6.45, 7) is 1.36. The summed E-state index contributed by atoms with van der Waals surface area (Å²) in [6.07, 6.45) is -0.166. The van der Waals surface area contributed by atoms with Gasteiger partial charge in [-0.3, -0.25) is 9.59 Å². The number of oxazole rings is 1. The Kier molecular flexibility index (Phi) is 2.95. The summed E-state index contributed by atoms with van der Waals surface area (Å²) in [5.41, 5.74) is 1.37. The van der Waals surface area contributed by atoms with Crippen LogP contribution in [0.4, 0.5) is 0 Å². The van der Waals surface area contributed by atoms with Crippen molar-refractivity contribution in [2.75, 3.05) is 0 Å². The lowest BCUT2D eigenvalue weighted by molar-refractivity contribution is -0.116. The molecule has 0 amide bonds. The summed E-state index contributed by atoms with van der Waals surface area (Å²) in [5, 5.41) is 0. The Morgan fingerprint density at radius 3 is 2.65 bits per heavy atom. The molecule has 3 aromatic rings. The minimum atomic E-state index is -0.347. The number of para-hydroxylation sites is 2. The number of benzene rings is 1. The second-order valence-electron chi connectivity index (χ2n) is 4.45. The van der Waals surface area contributed by atoms with Crippen LogP contribution >= 0.6 is 0 Å². The molecule has 0 bridgehead atoms. The van der Waals surface area contributed by atoms with Crippen LogP contribution in [0.25, 0.3) is 22.8 Å². The quantitative estimate of drug-likeness (QED) is 0.537. The maximum absolute atomic E-state index is 11.7. The van der Waals surface area contributed by atoms with Crippen molar-refractivity contribution in [1.82, 2.24) is 4.98 Å². The third-order valence-corrected chi connectivity index (χ3v) is 2.79. The van der Waals surface area contributed by atoms with Gasteiger partial charge in [0.1, 0.15) is 11.3 Å². The number of aromatic nitrogens is 1. The topological polar surface area (TPSA) is 73.3 Å². The fourth-order valence-electron chi connectivity index (χ4n) is 1.89. The van der Waals surface area contributed by atoms with Crippen molar-refractivity contribution in [3.8, 4) is 11.7 Å². The molecule has 1 aromatic carbocycles. The van der Waals surface area contributed by atoms with Crippen molar-refractivity contribution in [2.24, 2.45) is 0 Å². The number of Topliss-reactive ketones (excluding diaryl/α,β-unsaturated/α-hetero) is 2. The second kappa shape index (κ2) is 4.77. The Hall–Kier alpha value is -2.69. The maximum Gasteiger partial charge on any atom is 0.263 e. The molecule has 0 fully saturated rings. The van der Waals surface area contributed by atoms with E-state index >= 15 is 0 Å². The summed E-state index contributed by atoms with van der Waals surface area (Å²) in [7, 11) is 0. The van der Waals surface area contributed by atoms with Gasteiger partial charge in [-0.2, -0.15) is 0 Å².